The Morgan fingerprint density at radius 2 is 1.86 bits per heavy atom. The van der Waals surface area contributed by atoms with Gasteiger partial charge >= 0.3 is 0 Å². The van der Waals surface area contributed by atoms with Crippen LogP contribution in [0.25, 0.3) is 0 Å². The van der Waals surface area contributed by atoms with Crippen molar-refractivity contribution in [2.24, 2.45) is 0 Å². The number of benzene rings is 1. The molecule has 0 saturated heterocycles. The van der Waals surface area contributed by atoms with Gasteiger partial charge in [0.1, 0.15) is 0 Å². The molecule has 0 fully saturated rings. The lowest BCUT2D eigenvalue weighted by atomic mass is 10.1. The van der Waals surface area contributed by atoms with Crippen LogP contribution in [0.2, 0.25) is 0 Å². The summed E-state index contributed by atoms with van der Waals surface area (Å²) in [7, 11) is -3.54. The molecular weight excluding hydrogens is 300 g/mol. The maximum absolute atomic E-state index is 12.5. The second-order valence-electron chi connectivity index (χ2n) is 5.28. The van der Waals surface area contributed by atoms with Crippen molar-refractivity contribution in [2.45, 2.75) is 51.5 Å². The molecular formula is C16H26N2O3S. The van der Waals surface area contributed by atoms with E-state index in [1.807, 2.05) is 6.92 Å². The van der Waals surface area contributed by atoms with E-state index < -0.39 is 10.0 Å². The molecule has 0 radical (unpaired) electrons. The van der Waals surface area contributed by atoms with Gasteiger partial charge < -0.3 is 5.32 Å². The van der Waals surface area contributed by atoms with Crippen molar-refractivity contribution in [3.05, 3.63) is 29.8 Å². The molecule has 1 aromatic rings. The van der Waals surface area contributed by atoms with E-state index in [-0.39, 0.29) is 16.8 Å². The summed E-state index contributed by atoms with van der Waals surface area (Å²) in [6.07, 6.45) is 1.88. The minimum Gasteiger partial charge on any atom is -0.350 e. The SMILES string of the molecule is CCC[C@@H](C)NC(=O)c1cccc(S(=O)(=O)N(CC)CC)c1. The lowest BCUT2D eigenvalue weighted by Gasteiger charge is -2.19. The van der Waals surface area contributed by atoms with Crippen LogP contribution < -0.4 is 5.32 Å². The van der Waals surface area contributed by atoms with Crippen LogP contribution in [0.3, 0.4) is 0 Å². The standard InChI is InChI=1S/C16H26N2O3S/c1-5-9-13(4)17-16(19)14-10-8-11-15(12-14)22(20,21)18(6-2)7-3/h8,10-13H,5-7,9H2,1-4H3,(H,17,19)/t13-/m1/s1. The van der Waals surface area contributed by atoms with Crippen LogP contribution in [-0.2, 0) is 10.0 Å². The molecule has 1 N–H and O–H groups in total. The third-order valence-electron chi connectivity index (χ3n) is 3.54. The molecule has 5 nitrogen and oxygen atoms in total. The van der Waals surface area contributed by atoms with Gasteiger partial charge in [0.05, 0.1) is 4.90 Å². The number of carbonyl (C=O) groups is 1. The molecule has 1 atom stereocenters. The maximum atomic E-state index is 12.5. The van der Waals surface area contributed by atoms with Crippen molar-refractivity contribution < 1.29 is 13.2 Å². The monoisotopic (exact) mass is 326 g/mol. The van der Waals surface area contributed by atoms with Gasteiger partial charge in [-0.2, -0.15) is 4.31 Å². The molecule has 0 saturated carbocycles. The van der Waals surface area contributed by atoms with Gasteiger partial charge in [0.15, 0.2) is 0 Å². The first kappa shape index (κ1) is 18.6. The van der Waals surface area contributed by atoms with Crippen LogP contribution in [0.1, 0.15) is 50.9 Å². The van der Waals surface area contributed by atoms with Crippen LogP contribution in [-0.4, -0.2) is 37.8 Å². The Bertz CT molecular complexity index is 595. The minimum atomic E-state index is -3.54. The topological polar surface area (TPSA) is 66.5 Å². The molecule has 1 amide bonds. The number of nitrogens with one attached hydrogen (secondary N) is 1. The molecule has 0 heterocycles. The predicted molar refractivity (Wildman–Crippen MR) is 88.4 cm³/mol. The predicted octanol–water partition coefficient (Wildman–Crippen LogP) is 2.64. The molecule has 1 rings (SSSR count). The first-order valence-corrected chi connectivity index (χ1v) is 9.21. The fraction of sp³-hybridized carbons (Fsp3) is 0.562. The second kappa shape index (κ2) is 8.29. The van der Waals surface area contributed by atoms with Crippen molar-refractivity contribution in [3.63, 3.8) is 0 Å². The average molecular weight is 326 g/mol. The second-order valence-corrected chi connectivity index (χ2v) is 7.22. The first-order chi connectivity index (χ1) is 10.4. The Morgan fingerprint density at radius 3 is 2.41 bits per heavy atom. The lowest BCUT2D eigenvalue weighted by Crippen LogP contribution is -2.33. The quantitative estimate of drug-likeness (QED) is 0.798. The van der Waals surface area contributed by atoms with Gasteiger partial charge in [-0.3, -0.25) is 4.79 Å². The molecule has 0 aromatic heterocycles. The van der Waals surface area contributed by atoms with Crippen LogP contribution in [0.4, 0.5) is 0 Å². The molecule has 6 heteroatoms. The summed E-state index contributed by atoms with van der Waals surface area (Å²) in [6.45, 7) is 8.40. The van der Waals surface area contributed by atoms with Gasteiger partial charge in [0.25, 0.3) is 5.91 Å². The first-order valence-electron chi connectivity index (χ1n) is 7.77. The van der Waals surface area contributed by atoms with E-state index in [0.29, 0.717) is 18.7 Å². The molecule has 124 valence electrons. The van der Waals surface area contributed by atoms with Crippen LogP contribution in [0.15, 0.2) is 29.2 Å². The number of rotatable bonds is 8. The fourth-order valence-corrected chi connectivity index (χ4v) is 3.83. The van der Waals surface area contributed by atoms with Crippen LogP contribution in [0, 0.1) is 0 Å². The van der Waals surface area contributed by atoms with Crippen molar-refractivity contribution >= 4 is 15.9 Å². The van der Waals surface area contributed by atoms with Gasteiger partial charge in [-0.25, -0.2) is 8.42 Å². The van der Waals surface area contributed by atoms with E-state index in [1.165, 1.54) is 16.4 Å². The summed E-state index contributed by atoms with van der Waals surface area (Å²) >= 11 is 0. The summed E-state index contributed by atoms with van der Waals surface area (Å²) in [6, 6.07) is 6.28. The van der Waals surface area contributed by atoms with E-state index >= 15 is 0 Å². The van der Waals surface area contributed by atoms with Crippen molar-refractivity contribution in [3.8, 4) is 0 Å². The summed E-state index contributed by atoms with van der Waals surface area (Å²) < 4.78 is 26.4. The minimum absolute atomic E-state index is 0.0699. The van der Waals surface area contributed by atoms with Gasteiger partial charge in [-0.05, 0) is 31.5 Å². The largest absolute Gasteiger partial charge is 0.350 e. The summed E-state index contributed by atoms with van der Waals surface area (Å²) in [5, 5.41) is 2.89. The highest BCUT2D eigenvalue weighted by atomic mass is 32.2. The van der Waals surface area contributed by atoms with Gasteiger partial charge in [-0.1, -0.05) is 33.3 Å². The number of carbonyl (C=O) groups excluding carboxylic acids is 1. The smallest absolute Gasteiger partial charge is 0.251 e. The Morgan fingerprint density at radius 1 is 1.23 bits per heavy atom. The van der Waals surface area contributed by atoms with E-state index in [4.69, 9.17) is 0 Å². The van der Waals surface area contributed by atoms with E-state index in [9.17, 15) is 13.2 Å². The maximum Gasteiger partial charge on any atom is 0.251 e. The van der Waals surface area contributed by atoms with Crippen molar-refractivity contribution in [2.75, 3.05) is 13.1 Å². The molecule has 0 unspecified atom stereocenters. The Hall–Kier alpha value is -1.40. The normalized spacial score (nSPS) is 13.1. The molecule has 22 heavy (non-hydrogen) atoms. The Kier molecular flexibility index (Phi) is 7.03. The molecule has 0 spiro atoms. The average Bonchev–Trinajstić information content (AvgIpc) is 2.48. The number of nitrogens with zero attached hydrogens (tertiary/aromatic N) is 1. The van der Waals surface area contributed by atoms with Crippen molar-refractivity contribution in [1.29, 1.82) is 0 Å². The highest BCUT2D eigenvalue weighted by Gasteiger charge is 2.22. The number of amides is 1. The Labute approximate surface area is 133 Å². The van der Waals surface area contributed by atoms with E-state index in [1.54, 1.807) is 26.0 Å². The van der Waals surface area contributed by atoms with E-state index in [2.05, 4.69) is 12.2 Å². The van der Waals surface area contributed by atoms with Gasteiger partial charge in [0, 0.05) is 24.7 Å². The van der Waals surface area contributed by atoms with Crippen LogP contribution >= 0.6 is 0 Å². The zero-order valence-corrected chi connectivity index (χ0v) is 14.6. The Balaban J connectivity index is 3.02. The lowest BCUT2D eigenvalue weighted by molar-refractivity contribution is 0.0938. The highest BCUT2D eigenvalue weighted by Crippen LogP contribution is 2.17. The number of hydrogen-bond acceptors (Lipinski definition) is 3. The van der Waals surface area contributed by atoms with Gasteiger partial charge in [-0.15, -0.1) is 0 Å². The van der Waals surface area contributed by atoms with Crippen molar-refractivity contribution in [1.82, 2.24) is 9.62 Å². The molecule has 0 bridgehead atoms. The summed E-state index contributed by atoms with van der Waals surface area (Å²) in [5.74, 6) is -0.238. The van der Waals surface area contributed by atoms with Crippen LogP contribution in [0.5, 0.6) is 0 Å². The number of hydrogen-bond donors (Lipinski definition) is 1. The van der Waals surface area contributed by atoms with E-state index in [0.717, 1.165) is 12.8 Å². The summed E-state index contributed by atoms with van der Waals surface area (Å²) in [4.78, 5) is 12.4. The third-order valence-corrected chi connectivity index (χ3v) is 5.58. The molecule has 0 aliphatic rings. The fourth-order valence-electron chi connectivity index (χ4n) is 2.32. The number of sulfonamides is 1. The molecule has 1 aromatic carbocycles. The third kappa shape index (κ3) is 4.55. The van der Waals surface area contributed by atoms with Gasteiger partial charge in [0.2, 0.25) is 10.0 Å². The zero-order valence-electron chi connectivity index (χ0n) is 13.8. The molecule has 0 aliphatic heterocycles. The molecule has 0 aliphatic carbocycles. The highest BCUT2D eigenvalue weighted by molar-refractivity contribution is 7.89. The zero-order chi connectivity index (χ0) is 16.8. The summed E-state index contributed by atoms with van der Waals surface area (Å²) in [5.41, 5.74) is 0.371.